The van der Waals surface area contributed by atoms with E-state index in [2.05, 4.69) is 39.9 Å². The predicted molar refractivity (Wildman–Crippen MR) is 189 cm³/mol. The van der Waals surface area contributed by atoms with Gasteiger partial charge in [-0.15, -0.1) is 0 Å². The molecule has 3 amide bonds. The first-order chi connectivity index (χ1) is 23.4. The molecule has 4 aromatic rings. The molecule has 0 aliphatic rings. The Balaban J connectivity index is 1.61. The fourth-order valence-corrected chi connectivity index (χ4v) is 4.96. The lowest BCUT2D eigenvalue weighted by Crippen LogP contribution is -2.45. The Bertz CT molecular complexity index is 1770. The molecule has 11 heteroatoms. The third kappa shape index (κ3) is 10.1. The highest BCUT2D eigenvalue weighted by Crippen LogP contribution is 2.38. The fraction of sp³-hybridized carbons (Fsp3) is 0.263. The molecule has 0 radical (unpaired) electrons. The van der Waals surface area contributed by atoms with Gasteiger partial charge in [0.1, 0.15) is 5.60 Å². The molecule has 11 nitrogen and oxygen atoms in total. The summed E-state index contributed by atoms with van der Waals surface area (Å²) in [7, 11) is 4.34. The molecule has 49 heavy (non-hydrogen) atoms. The van der Waals surface area contributed by atoms with E-state index < -0.39 is 17.6 Å². The Hall–Kier alpha value is -5.84. The zero-order valence-electron chi connectivity index (χ0n) is 28.8. The van der Waals surface area contributed by atoms with Gasteiger partial charge in [-0.1, -0.05) is 60.7 Å². The maximum Gasteiger partial charge on any atom is 0.414 e. The van der Waals surface area contributed by atoms with Gasteiger partial charge in [0.15, 0.2) is 11.5 Å². The summed E-state index contributed by atoms with van der Waals surface area (Å²) in [6, 6.07) is 26.5. The summed E-state index contributed by atoms with van der Waals surface area (Å²) in [6.07, 6.45) is 0.752. The van der Waals surface area contributed by atoms with E-state index in [0.29, 0.717) is 23.7 Å². The SMILES string of the molecule is COc1cc(C(=O)NC(=Nc2ccc(C)c(N(C=O)Cc3ccc(Cc4ccccc4)cc3)c2)NC(=O)OC(C)(C)C)cc(OC)c1OC. The average molecular weight is 667 g/mol. The van der Waals surface area contributed by atoms with E-state index in [9.17, 15) is 14.4 Å². The van der Waals surface area contributed by atoms with Crippen molar-refractivity contribution in [2.45, 2.75) is 46.3 Å². The van der Waals surface area contributed by atoms with Crippen molar-refractivity contribution in [2.24, 2.45) is 4.99 Å². The fourth-order valence-electron chi connectivity index (χ4n) is 4.96. The average Bonchev–Trinajstić information content (AvgIpc) is 3.07. The first-order valence-electron chi connectivity index (χ1n) is 15.6. The summed E-state index contributed by atoms with van der Waals surface area (Å²) in [5, 5.41) is 5.17. The molecule has 4 rings (SSSR count). The third-order valence-electron chi connectivity index (χ3n) is 7.28. The van der Waals surface area contributed by atoms with Crippen LogP contribution in [0.4, 0.5) is 16.2 Å². The number of rotatable bonds is 11. The first kappa shape index (κ1) is 36.0. The van der Waals surface area contributed by atoms with Crippen LogP contribution in [0.5, 0.6) is 17.2 Å². The van der Waals surface area contributed by atoms with Crippen LogP contribution in [0.3, 0.4) is 0 Å². The van der Waals surface area contributed by atoms with E-state index in [1.165, 1.54) is 44.6 Å². The van der Waals surface area contributed by atoms with Gasteiger partial charge in [0.05, 0.1) is 33.6 Å². The summed E-state index contributed by atoms with van der Waals surface area (Å²) in [5.74, 6) is 0.0422. The number of methoxy groups -OCH3 is 3. The number of carbonyl (C=O) groups excluding carboxylic acids is 3. The number of ether oxygens (including phenoxy) is 4. The van der Waals surface area contributed by atoms with Crippen molar-refractivity contribution in [3.05, 3.63) is 113 Å². The Morgan fingerprint density at radius 2 is 1.41 bits per heavy atom. The molecule has 256 valence electrons. The second-order valence-electron chi connectivity index (χ2n) is 12.1. The highest BCUT2D eigenvalue weighted by molar-refractivity contribution is 6.10. The zero-order chi connectivity index (χ0) is 35.6. The molecule has 2 N–H and O–H groups in total. The van der Waals surface area contributed by atoms with Crippen LogP contribution in [0.2, 0.25) is 0 Å². The van der Waals surface area contributed by atoms with Crippen molar-refractivity contribution in [3.8, 4) is 17.2 Å². The minimum atomic E-state index is -0.825. The van der Waals surface area contributed by atoms with Crippen molar-refractivity contribution in [2.75, 3.05) is 26.2 Å². The number of nitrogens with one attached hydrogen (secondary N) is 2. The summed E-state index contributed by atoms with van der Waals surface area (Å²) in [5.41, 5.74) is 4.48. The number of benzene rings is 4. The van der Waals surface area contributed by atoms with Gasteiger partial charge in [0, 0.05) is 11.3 Å². The molecular formula is C38H42N4O7. The molecule has 0 fully saturated rings. The molecule has 0 aliphatic heterocycles. The smallest absolute Gasteiger partial charge is 0.414 e. The number of guanidine groups is 1. The third-order valence-corrected chi connectivity index (χ3v) is 7.28. The van der Waals surface area contributed by atoms with Crippen molar-refractivity contribution >= 4 is 35.7 Å². The lowest BCUT2D eigenvalue weighted by molar-refractivity contribution is -0.107. The molecular weight excluding hydrogens is 624 g/mol. The van der Waals surface area contributed by atoms with Crippen LogP contribution < -0.4 is 29.7 Å². The maximum atomic E-state index is 13.5. The molecule has 0 unspecified atom stereocenters. The zero-order valence-corrected chi connectivity index (χ0v) is 28.8. The number of aryl methyl sites for hydroxylation is 1. The van der Waals surface area contributed by atoms with E-state index in [-0.39, 0.29) is 23.0 Å². The summed E-state index contributed by atoms with van der Waals surface area (Å²) < 4.78 is 21.5. The molecule has 0 aliphatic carbocycles. The van der Waals surface area contributed by atoms with Gasteiger partial charge in [-0.3, -0.25) is 20.2 Å². The van der Waals surface area contributed by atoms with Crippen LogP contribution in [0, 0.1) is 6.92 Å². The Kier molecular flexibility index (Phi) is 12.0. The molecule has 0 bridgehead atoms. The highest BCUT2D eigenvalue weighted by atomic mass is 16.6. The topological polar surface area (TPSA) is 128 Å². The van der Waals surface area contributed by atoms with Crippen LogP contribution in [-0.4, -0.2) is 51.3 Å². The minimum absolute atomic E-state index is 0.153. The summed E-state index contributed by atoms with van der Waals surface area (Å²) >= 11 is 0. The first-order valence-corrected chi connectivity index (χ1v) is 15.6. The Morgan fingerprint density at radius 1 is 0.796 bits per heavy atom. The Morgan fingerprint density at radius 3 is 1.98 bits per heavy atom. The van der Waals surface area contributed by atoms with Crippen LogP contribution >= 0.6 is 0 Å². The lowest BCUT2D eigenvalue weighted by atomic mass is 10.0. The number of hydrogen-bond acceptors (Lipinski definition) is 8. The van der Waals surface area contributed by atoms with E-state index in [1.54, 1.807) is 43.9 Å². The van der Waals surface area contributed by atoms with Crippen LogP contribution in [-0.2, 0) is 22.5 Å². The van der Waals surface area contributed by atoms with Gasteiger partial charge < -0.3 is 23.8 Å². The van der Waals surface area contributed by atoms with Crippen LogP contribution in [0.15, 0.2) is 89.9 Å². The number of hydrogen-bond donors (Lipinski definition) is 2. The van der Waals surface area contributed by atoms with E-state index in [4.69, 9.17) is 18.9 Å². The van der Waals surface area contributed by atoms with Crippen molar-refractivity contribution in [3.63, 3.8) is 0 Å². The number of alkyl carbamates (subject to hydrolysis) is 1. The monoisotopic (exact) mass is 666 g/mol. The van der Waals surface area contributed by atoms with Gasteiger partial charge in [0.2, 0.25) is 18.1 Å². The van der Waals surface area contributed by atoms with Crippen molar-refractivity contribution < 1.29 is 33.3 Å². The molecule has 0 saturated heterocycles. The van der Waals surface area contributed by atoms with Gasteiger partial charge in [-0.05, 0) is 80.6 Å². The standard InChI is InChI=1S/C38H42N4O7/c1-25-13-18-30(22-31(25)42(24-43)23-28-16-14-27(15-17-28)19-26-11-9-8-10-12-26)39-36(41-37(45)49-38(2,3)4)40-35(44)29-20-32(46-5)34(48-7)33(21-29)47-6/h8-18,20-22,24H,19,23H2,1-7H3,(H2,39,40,41,44,45). The second kappa shape index (κ2) is 16.3. The van der Waals surface area contributed by atoms with Crippen molar-refractivity contribution in [1.29, 1.82) is 0 Å². The summed E-state index contributed by atoms with van der Waals surface area (Å²) in [6.45, 7) is 7.36. The molecule has 4 aromatic carbocycles. The second-order valence-corrected chi connectivity index (χ2v) is 12.1. The van der Waals surface area contributed by atoms with Crippen molar-refractivity contribution in [1.82, 2.24) is 10.6 Å². The molecule has 0 spiro atoms. The predicted octanol–water partition coefficient (Wildman–Crippen LogP) is 6.72. The van der Waals surface area contributed by atoms with Crippen LogP contribution in [0.1, 0.15) is 53.4 Å². The lowest BCUT2D eigenvalue weighted by Gasteiger charge is -2.21. The maximum absolute atomic E-state index is 13.5. The molecule has 0 heterocycles. The number of carbonyl (C=O) groups is 3. The normalized spacial score (nSPS) is 11.3. The molecule has 0 aromatic heterocycles. The van der Waals surface area contributed by atoms with Gasteiger partial charge >= 0.3 is 6.09 Å². The number of anilines is 1. The highest BCUT2D eigenvalue weighted by Gasteiger charge is 2.22. The van der Waals surface area contributed by atoms with Gasteiger partial charge in [0.25, 0.3) is 5.91 Å². The van der Waals surface area contributed by atoms with Crippen LogP contribution in [0.25, 0.3) is 0 Å². The quantitative estimate of drug-likeness (QED) is 0.103. The number of nitrogens with zero attached hydrogens (tertiary/aromatic N) is 2. The molecule has 0 saturated carbocycles. The number of amides is 3. The van der Waals surface area contributed by atoms with E-state index in [1.807, 2.05) is 37.3 Å². The van der Waals surface area contributed by atoms with E-state index in [0.717, 1.165) is 24.0 Å². The largest absolute Gasteiger partial charge is 0.493 e. The van der Waals surface area contributed by atoms with Gasteiger partial charge in [-0.25, -0.2) is 9.79 Å². The van der Waals surface area contributed by atoms with E-state index >= 15 is 0 Å². The minimum Gasteiger partial charge on any atom is -0.493 e. The molecule has 0 atom stereocenters. The Labute approximate surface area is 286 Å². The number of aliphatic imine (C=N–C) groups is 1. The van der Waals surface area contributed by atoms with Gasteiger partial charge in [-0.2, -0.15) is 0 Å². The summed E-state index contributed by atoms with van der Waals surface area (Å²) in [4.78, 5) is 44.7.